The number of fused-ring (bicyclic) bond motifs is 1. The zero-order valence-electron chi connectivity index (χ0n) is 13.4. The average Bonchev–Trinajstić information content (AvgIpc) is 2.69. The Bertz CT molecular complexity index is 709. The summed E-state index contributed by atoms with van der Waals surface area (Å²) < 4.78 is 5.57. The van der Waals surface area contributed by atoms with Crippen LogP contribution in [0.25, 0.3) is 0 Å². The maximum atomic E-state index is 12.8. The molecule has 2 aromatic rings. The fourth-order valence-electron chi connectivity index (χ4n) is 3.05. The standard InChI is InChI=1S/C18H22N2O2S/c1-2-22-14-10-7-6-9-13(14)20-18(21)16-12-8-4-3-5-11-15(12)23-17(16)19/h6-7,9-10H,2-5,8,11,19H2,1H3,(H,20,21). The van der Waals surface area contributed by atoms with Crippen molar-refractivity contribution in [1.29, 1.82) is 0 Å². The van der Waals surface area contributed by atoms with Crippen LogP contribution >= 0.6 is 11.3 Å². The summed E-state index contributed by atoms with van der Waals surface area (Å²) in [4.78, 5) is 14.1. The number of nitrogens with one attached hydrogen (secondary N) is 1. The molecule has 1 heterocycles. The molecule has 3 N–H and O–H groups in total. The van der Waals surface area contributed by atoms with E-state index in [9.17, 15) is 4.79 Å². The van der Waals surface area contributed by atoms with Crippen LogP contribution in [-0.4, -0.2) is 12.5 Å². The third-order valence-electron chi connectivity index (χ3n) is 4.11. The van der Waals surface area contributed by atoms with Crippen molar-refractivity contribution in [2.24, 2.45) is 0 Å². The highest BCUT2D eigenvalue weighted by Crippen LogP contribution is 2.36. The van der Waals surface area contributed by atoms with E-state index in [0.29, 0.717) is 28.6 Å². The lowest BCUT2D eigenvalue weighted by molar-refractivity contribution is 0.102. The van der Waals surface area contributed by atoms with Gasteiger partial charge in [-0.25, -0.2) is 0 Å². The molecule has 1 aromatic carbocycles. The number of amides is 1. The van der Waals surface area contributed by atoms with Gasteiger partial charge in [0, 0.05) is 4.88 Å². The zero-order valence-corrected chi connectivity index (χ0v) is 14.2. The van der Waals surface area contributed by atoms with E-state index >= 15 is 0 Å². The Kier molecular flexibility index (Phi) is 4.86. The molecule has 0 spiro atoms. The molecule has 0 fully saturated rings. The quantitative estimate of drug-likeness (QED) is 0.824. The molecule has 0 aliphatic heterocycles. The van der Waals surface area contributed by atoms with E-state index < -0.39 is 0 Å². The smallest absolute Gasteiger partial charge is 0.259 e. The first-order chi connectivity index (χ1) is 11.2. The second-order valence-electron chi connectivity index (χ2n) is 5.69. The lowest BCUT2D eigenvalue weighted by atomic mass is 10.0. The monoisotopic (exact) mass is 330 g/mol. The number of hydrogen-bond acceptors (Lipinski definition) is 4. The summed E-state index contributed by atoms with van der Waals surface area (Å²) in [6, 6.07) is 7.49. The molecule has 1 aliphatic carbocycles. The second-order valence-corrected chi connectivity index (χ2v) is 6.82. The van der Waals surface area contributed by atoms with Gasteiger partial charge in [0.15, 0.2) is 0 Å². The fourth-order valence-corrected chi connectivity index (χ4v) is 4.21. The summed E-state index contributed by atoms with van der Waals surface area (Å²) in [5.41, 5.74) is 8.65. The number of hydrogen-bond donors (Lipinski definition) is 2. The van der Waals surface area contributed by atoms with Gasteiger partial charge in [-0.3, -0.25) is 4.79 Å². The van der Waals surface area contributed by atoms with Crippen molar-refractivity contribution in [2.75, 3.05) is 17.7 Å². The lowest BCUT2D eigenvalue weighted by Gasteiger charge is -2.12. The number of nitrogens with two attached hydrogens (primary N) is 1. The molecule has 0 saturated heterocycles. The average molecular weight is 330 g/mol. The molecule has 1 aromatic heterocycles. The molecular weight excluding hydrogens is 308 g/mol. The van der Waals surface area contributed by atoms with E-state index in [1.807, 2.05) is 31.2 Å². The first-order valence-corrected chi connectivity index (χ1v) is 8.95. The van der Waals surface area contributed by atoms with E-state index in [1.54, 1.807) is 11.3 Å². The first-order valence-electron chi connectivity index (χ1n) is 8.14. The SMILES string of the molecule is CCOc1ccccc1NC(=O)c1c(N)sc2c1CCCCC2. The first kappa shape index (κ1) is 15.9. The number of ether oxygens (including phenoxy) is 1. The third kappa shape index (κ3) is 3.34. The topological polar surface area (TPSA) is 64.3 Å². The maximum absolute atomic E-state index is 12.8. The van der Waals surface area contributed by atoms with Crippen LogP contribution in [0.1, 0.15) is 47.0 Å². The van der Waals surface area contributed by atoms with Gasteiger partial charge in [0.25, 0.3) is 5.91 Å². The van der Waals surface area contributed by atoms with Crippen LogP contribution in [0, 0.1) is 0 Å². The van der Waals surface area contributed by atoms with E-state index in [2.05, 4.69) is 5.32 Å². The Balaban J connectivity index is 1.88. The number of carbonyl (C=O) groups excluding carboxylic acids is 1. The molecule has 0 radical (unpaired) electrons. The largest absolute Gasteiger partial charge is 0.492 e. The summed E-state index contributed by atoms with van der Waals surface area (Å²) in [6.07, 6.45) is 5.50. The third-order valence-corrected chi connectivity index (χ3v) is 5.23. The molecule has 122 valence electrons. The van der Waals surface area contributed by atoms with Gasteiger partial charge in [-0.2, -0.15) is 0 Å². The van der Waals surface area contributed by atoms with Crippen molar-refractivity contribution < 1.29 is 9.53 Å². The van der Waals surface area contributed by atoms with E-state index in [1.165, 1.54) is 17.7 Å². The predicted molar refractivity (Wildman–Crippen MR) is 95.6 cm³/mol. The molecule has 23 heavy (non-hydrogen) atoms. The van der Waals surface area contributed by atoms with Gasteiger partial charge in [-0.05, 0) is 50.3 Å². The number of rotatable bonds is 4. The molecule has 0 unspecified atom stereocenters. The Morgan fingerprint density at radius 1 is 1.26 bits per heavy atom. The highest BCUT2D eigenvalue weighted by Gasteiger charge is 2.23. The molecule has 0 atom stereocenters. The van der Waals surface area contributed by atoms with Crippen molar-refractivity contribution in [3.05, 3.63) is 40.3 Å². The van der Waals surface area contributed by atoms with Gasteiger partial charge in [-0.1, -0.05) is 18.6 Å². The van der Waals surface area contributed by atoms with Gasteiger partial charge in [0.2, 0.25) is 0 Å². The number of aryl methyl sites for hydroxylation is 1. The Hall–Kier alpha value is -2.01. The van der Waals surface area contributed by atoms with E-state index in [-0.39, 0.29) is 5.91 Å². The summed E-state index contributed by atoms with van der Waals surface area (Å²) in [5.74, 6) is 0.553. The van der Waals surface area contributed by atoms with Crippen LogP contribution < -0.4 is 15.8 Å². The van der Waals surface area contributed by atoms with Crippen molar-refractivity contribution in [1.82, 2.24) is 0 Å². The molecule has 1 amide bonds. The maximum Gasteiger partial charge on any atom is 0.259 e. The van der Waals surface area contributed by atoms with Gasteiger partial charge >= 0.3 is 0 Å². The summed E-state index contributed by atoms with van der Waals surface area (Å²) in [5, 5.41) is 3.60. The predicted octanol–water partition coefficient (Wildman–Crippen LogP) is 4.25. The fraction of sp³-hybridized carbons (Fsp3) is 0.389. The van der Waals surface area contributed by atoms with Crippen molar-refractivity contribution in [3.8, 4) is 5.75 Å². The molecule has 0 saturated carbocycles. The van der Waals surface area contributed by atoms with Crippen LogP contribution in [0.15, 0.2) is 24.3 Å². The molecule has 1 aliphatic rings. The second kappa shape index (κ2) is 7.04. The van der Waals surface area contributed by atoms with Crippen molar-refractivity contribution >= 4 is 27.9 Å². The van der Waals surface area contributed by atoms with Gasteiger partial charge in [-0.15, -0.1) is 11.3 Å². The summed E-state index contributed by atoms with van der Waals surface area (Å²) >= 11 is 1.57. The highest BCUT2D eigenvalue weighted by molar-refractivity contribution is 7.16. The molecule has 5 heteroatoms. The van der Waals surface area contributed by atoms with Crippen LogP contribution in [0.2, 0.25) is 0 Å². The molecule has 3 rings (SSSR count). The van der Waals surface area contributed by atoms with Crippen LogP contribution in [0.3, 0.4) is 0 Å². The number of thiophene rings is 1. The van der Waals surface area contributed by atoms with Crippen molar-refractivity contribution in [3.63, 3.8) is 0 Å². The minimum Gasteiger partial charge on any atom is -0.492 e. The number of benzene rings is 1. The lowest BCUT2D eigenvalue weighted by Crippen LogP contribution is -2.15. The molecule has 0 bridgehead atoms. The van der Waals surface area contributed by atoms with E-state index in [0.717, 1.165) is 24.8 Å². The summed E-state index contributed by atoms with van der Waals surface area (Å²) in [7, 11) is 0. The minimum atomic E-state index is -0.131. The Morgan fingerprint density at radius 2 is 2.04 bits per heavy atom. The Labute approximate surface area is 140 Å². The number of para-hydroxylation sites is 2. The van der Waals surface area contributed by atoms with Crippen LogP contribution in [0.5, 0.6) is 5.75 Å². The normalized spacial score (nSPS) is 14.0. The van der Waals surface area contributed by atoms with Crippen LogP contribution in [-0.2, 0) is 12.8 Å². The Morgan fingerprint density at radius 3 is 2.87 bits per heavy atom. The minimum absolute atomic E-state index is 0.131. The number of anilines is 2. The van der Waals surface area contributed by atoms with Crippen molar-refractivity contribution in [2.45, 2.75) is 39.0 Å². The zero-order chi connectivity index (χ0) is 16.2. The molecule has 4 nitrogen and oxygen atoms in total. The van der Waals surface area contributed by atoms with Gasteiger partial charge in [0.05, 0.1) is 22.9 Å². The number of carbonyl (C=O) groups is 1. The van der Waals surface area contributed by atoms with Gasteiger partial charge in [0.1, 0.15) is 5.75 Å². The number of nitrogen functional groups attached to an aromatic ring is 1. The highest BCUT2D eigenvalue weighted by atomic mass is 32.1. The van der Waals surface area contributed by atoms with Gasteiger partial charge < -0.3 is 15.8 Å². The molecular formula is C18H22N2O2S. The van der Waals surface area contributed by atoms with E-state index in [4.69, 9.17) is 10.5 Å². The summed E-state index contributed by atoms with van der Waals surface area (Å²) in [6.45, 7) is 2.48. The van der Waals surface area contributed by atoms with Crippen LogP contribution in [0.4, 0.5) is 10.7 Å².